The molecular weight excluding hydrogens is 849 g/mol. The van der Waals surface area contributed by atoms with E-state index in [9.17, 15) is 24.0 Å². The number of ketones is 1. The second-order valence-electron chi connectivity index (χ2n) is 18.1. The number of amides is 1. The van der Waals surface area contributed by atoms with E-state index < -0.39 is 29.1 Å². The van der Waals surface area contributed by atoms with Gasteiger partial charge in [-0.3, -0.25) is 14.4 Å². The highest BCUT2D eigenvalue weighted by Gasteiger charge is 2.54. The number of hydrogen-bond donors (Lipinski definition) is 1. The largest absolute Gasteiger partial charge is 0.457 e. The molecule has 3 heterocycles. The lowest BCUT2D eigenvalue weighted by Crippen LogP contribution is -2.39. The van der Waals surface area contributed by atoms with E-state index in [2.05, 4.69) is 24.1 Å². The zero-order valence-corrected chi connectivity index (χ0v) is 38.7. The van der Waals surface area contributed by atoms with E-state index in [1.807, 2.05) is 63.2 Å². The molecule has 0 saturated heterocycles. The SMILES string of the molecule is CCCN(CCC)c1ccc2cc(C(=O)NC3CCC(CC(=O)c4ccc5c(c4)C4(OC5=O)c5ccc(C)cc5Oc5cc(Oc6cc(C)c(OC(C)=O)c(C)c6)ccc54)CC3)c(=O)oc2c1. The molecule has 12 nitrogen and oxygen atoms in total. The summed E-state index contributed by atoms with van der Waals surface area (Å²) in [5, 5.41) is 3.74. The van der Waals surface area contributed by atoms with E-state index in [1.54, 1.807) is 48.5 Å². The number of esters is 2. The number of rotatable bonds is 13. The highest BCUT2D eigenvalue weighted by molar-refractivity contribution is 6.01. The van der Waals surface area contributed by atoms with Crippen LogP contribution in [0, 0.1) is 26.7 Å². The quantitative estimate of drug-likeness (QED) is 0.0510. The molecule has 9 rings (SSSR count). The summed E-state index contributed by atoms with van der Waals surface area (Å²) in [6, 6.07) is 27.1. The van der Waals surface area contributed by atoms with Gasteiger partial charge < -0.3 is 33.6 Å². The number of nitrogens with zero attached hydrogens (tertiary/aromatic N) is 1. The van der Waals surface area contributed by atoms with Gasteiger partial charge in [-0.25, -0.2) is 9.59 Å². The Hall–Kier alpha value is -7.21. The van der Waals surface area contributed by atoms with Crippen molar-refractivity contribution in [3.8, 4) is 28.7 Å². The first-order valence-electron chi connectivity index (χ1n) is 23.2. The van der Waals surface area contributed by atoms with Crippen molar-refractivity contribution in [1.82, 2.24) is 5.32 Å². The van der Waals surface area contributed by atoms with Crippen molar-refractivity contribution in [2.75, 3.05) is 18.0 Å². The summed E-state index contributed by atoms with van der Waals surface area (Å²) in [6.45, 7) is 13.1. The van der Waals surface area contributed by atoms with Crippen LogP contribution in [-0.4, -0.2) is 42.8 Å². The van der Waals surface area contributed by atoms with E-state index in [0.29, 0.717) is 99.6 Å². The number of carbonyl (C=O) groups excluding carboxylic acids is 4. The first kappa shape index (κ1) is 45.0. The van der Waals surface area contributed by atoms with E-state index in [4.69, 9.17) is 23.4 Å². The van der Waals surface area contributed by atoms with Crippen molar-refractivity contribution in [3.63, 3.8) is 0 Å². The zero-order chi connectivity index (χ0) is 47.1. The Morgan fingerprint density at radius 1 is 0.761 bits per heavy atom. The molecule has 1 aromatic heterocycles. The Morgan fingerprint density at radius 3 is 2.16 bits per heavy atom. The predicted octanol–water partition coefficient (Wildman–Crippen LogP) is 11.2. The minimum absolute atomic E-state index is 0.0263. The molecule has 344 valence electrons. The molecule has 12 heteroatoms. The lowest BCUT2D eigenvalue weighted by Gasteiger charge is -2.37. The van der Waals surface area contributed by atoms with Crippen LogP contribution in [-0.2, 0) is 15.1 Å². The topological polar surface area (TPSA) is 151 Å². The average Bonchev–Trinajstić information content (AvgIpc) is 3.58. The molecule has 1 saturated carbocycles. The van der Waals surface area contributed by atoms with Gasteiger partial charge in [0.15, 0.2) is 11.4 Å². The number of benzene rings is 5. The summed E-state index contributed by atoms with van der Waals surface area (Å²) >= 11 is 0. The normalized spacial score (nSPS) is 18.0. The van der Waals surface area contributed by atoms with Gasteiger partial charge >= 0.3 is 17.6 Å². The second kappa shape index (κ2) is 18.2. The van der Waals surface area contributed by atoms with Crippen molar-refractivity contribution in [1.29, 1.82) is 0 Å². The summed E-state index contributed by atoms with van der Waals surface area (Å²) in [5.74, 6) is 1.09. The smallest absolute Gasteiger partial charge is 0.349 e. The van der Waals surface area contributed by atoms with Gasteiger partial charge in [0.05, 0.1) is 5.56 Å². The molecule has 0 radical (unpaired) electrons. The van der Waals surface area contributed by atoms with E-state index in [1.165, 1.54) is 6.92 Å². The van der Waals surface area contributed by atoms with Gasteiger partial charge in [0.25, 0.3) is 5.91 Å². The standard InChI is InChI=1S/C55H54N2O10/c1-7-21-57(22-8-2)39-16-12-37-27-43(53(61)66-48(37)29-39)52(60)56-38-14-10-35(11-15-38)26-47(59)36-13-18-42-46(28-36)55(67-54(42)62)44-19-9-31(3)23-49(44)65-50-30-40(17-20-45(50)55)64-41-24-32(4)51(33(5)25-41)63-34(6)58/h9,12-13,16-20,23-25,27-30,35,38H,7-8,10-11,14-15,21-22,26H2,1-6H3,(H,56,60). The van der Waals surface area contributed by atoms with E-state index in [0.717, 1.165) is 48.3 Å². The Morgan fingerprint density at radius 2 is 1.46 bits per heavy atom. The fraction of sp³-hybridized carbons (Fsp3) is 0.327. The van der Waals surface area contributed by atoms with E-state index >= 15 is 0 Å². The molecule has 1 spiro atoms. The van der Waals surface area contributed by atoms with Gasteiger partial charge in [-0.05, 0) is 143 Å². The number of fused-ring (bicyclic) bond motifs is 7. The van der Waals surface area contributed by atoms with E-state index in [-0.39, 0.29) is 23.3 Å². The van der Waals surface area contributed by atoms with Crippen LogP contribution in [0.25, 0.3) is 11.0 Å². The van der Waals surface area contributed by atoms with Gasteiger partial charge in [-0.1, -0.05) is 32.0 Å². The highest BCUT2D eigenvalue weighted by atomic mass is 16.6. The molecule has 1 unspecified atom stereocenters. The fourth-order valence-electron chi connectivity index (χ4n) is 9.98. The molecule has 1 fully saturated rings. The Bertz CT molecular complexity index is 3010. The number of nitrogens with one attached hydrogen (secondary N) is 1. The van der Waals surface area contributed by atoms with Gasteiger partial charge in [0.2, 0.25) is 0 Å². The summed E-state index contributed by atoms with van der Waals surface area (Å²) in [6.07, 6.45) is 5.03. The molecule has 1 atom stereocenters. The fourth-order valence-corrected chi connectivity index (χ4v) is 9.98. The van der Waals surface area contributed by atoms with Crippen LogP contribution in [0.2, 0.25) is 0 Å². The van der Waals surface area contributed by atoms with Crippen molar-refractivity contribution in [2.24, 2.45) is 5.92 Å². The molecule has 5 aromatic carbocycles. The van der Waals surface area contributed by atoms with Gasteiger partial charge in [0, 0.05) is 77.9 Å². The van der Waals surface area contributed by atoms with Crippen LogP contribution in [0.3, 0.4) is 0 Å². The second-order valence-corrected chi connectivity index (χ2v) is 18.1. The number of hydrogen-bond acceptors (Lipinski definition) is 11. The minimum atomic E-state index is -1.40. The zero-order valence-electron chi connectivity index (χ0n) is 38.7. The van der Waals surface area contributed by atoms with Crippen molar-refractivity contribution in [3.05, 3.63) is 151 Å². The van der Waals surface area contributed by atoms with Crippen molar-refractivity contribution < 1.29 is 42.5 Å². The Kier molecular flexibility index (Phi) is 12.2. The maximum Gasteiger partial charge on any atom is 0.349 e. The molecular formula is C55H54N2O10. The lowest BCUT2D eigenvalue weighted by atomic mass is 9.76. The van der Waals surface area contributed by atoms with Crippen LogP contribution < -0.4 is 30.1 Å². The van der Waals surface area contributed by atoms with Gasteiger partial charge in [-0.15, -0.1) is 0 Å². The van der Waals surface area contributed by atoms with Crippen LogP contribution in [0.15, 0.2) is 100 Å². The van der Waals surface area contributed by atoms with Gasteiger partial charge in [-0.2, -0.15) is 0 Å². The number of anilines is 1. The Labute approximate surface area is 389 Å². The predicted molar refractivity (Wildman–Crippen MR) is 254 cm³/mol. The minimum Gasteiger partial charge on any atom is -0.457 e. The first-order chi connectivity index (χ1) is 32.2. The number of aryl methyl sites for hydroxylation is 3. The molecule has 2 aliphatic heterocycles. The van der Waals surface area contributed by atoms with Crippen LogP contribution >= 0.6 is 0 Å². The molecule has 67 heavy (non-hydrogen) atoms. The summed E-state index contributed by atoms with van der Waals surface area (Å²) in [5.41, 5.74) is 4.37. The third-order valence-corrected chi connectivity index (χ3v) is 13.1. The maximum absolute atomic E-state index is 14.1. The third kappa shape index (κ3) is 8.68. The van der Waals surface area contributed by atoms with Crippen LogP contribution in [0.1, 0.15) is 130 Å². The maximum atomic E-state index is 14.1. The monoisotopic (exact) mass is 902 g/mol. The molecule has 1 N–H and O–H groups in total. The molecule has 1 aliphatic carbocycles. The first-order valence-corrected chi connectivity index (χ1v) is 23.2. The molecule has 6 aromatic rings. The molecule has 1 amide bonds. The third-order valence-electron chi connectivity index (χ3n) is 13.1. The molecule has 3 aliphatic rings. The summed E-state index contributed by atoms with van der Waals surface area (Å²) in [7, 11) is 0. The summed E-state index contributed by atoms with van der Waals surface area (Å²) in [4.78, 5) is 68.4. The van der Waals surface area contributed by atoms with Crippen molar-refractivity contribution >= 4 is 40.3 Å². The lowest BCUT2D eigenvalue weighted by molar-refractivity contribution is -0.132. The number of ether oxygens (including phenoxy) is 4. The van der Waals surface area contributed by atoms with Crippen molar-refractivity contribution in [2.45, 2.75) is 98.1 Å². The molecule has 0 bridgehead atoms. The van der Waals surface area contributed by atoms with Gasteiger partial charge in [0.1, 0.15) is 39.9 Å². The van der Waals surface area contributed by atoms with Crippen LogP contribution in [0.5, 0.6) is 28.7 Å². The number of Topliss-reactive ketones (excluding diaryl/α,β-unsaturated/α-hetero) is 1. The number of carbonyl (C=O) groups is 4. The summed E-state index contributed by atoms with van der Waals surface area (Å²) < 4.78 is 30.4. The Balaban J connectivity index is 0.907. The van der Waals surface area contributed by atoms with Crippen LogP contribution in [0.4, 0.5) is 5.69 Å². The highest BCUT2D eigenvalue weighted by Crippen LogP contribution is 2.57. The average molecular weight is 903 g/mol.